The molecule has 0 radical (unpaired) electrons. The van der Waals surface area contributed by atoms with Crippen LogP contribution in [0.3, 0.4) is 0 Å². The van der Waals surface area contributed by atoms with Gasteiger partial charge in [-0.2, -0.15) is 0 Å². The van der Waals surface area contributed by atoms with Crippen LogP contribution in [0.2, 0.25) is 5.02 Å². The number of hydrogen-bond donors (Lipinski definition) is 3. The Balaban J connectivity index is 1.99. The summed E-state index contributed by atoms with van der Waals surface area (Å²) in [6.45, 7) is 0.0136. The van der Waals surface area contributed by atoms with Crippen molar-refractivity contribution in [3.05, 3.63) is 21.6 Å². The molecule has 0 heterocycles. The largest absolute Gasteiger partial charge is 0.398 e. The summed E-state index contributed by atoms with van der Waals surface area (Å²) in [5.41, 5.74) is 5.90. The second kappa shape index (κ2) is 6.51. The number of benzene rings is 1. The molecule has 1 fully saturated rings. The van der Waals surface area contributed by atoms with E-state index in [2.05, 4.69) is 26.0 Å². The standard InChI is InChI=1S/C12H15BrClN3O3S/c13-12-9(15)5-7(14)6-10(12)21(19,20)16-4-3-11(18)17-8-1-2-8/h5-6,8,16H,1-4,15H2,(H,17,18). The number of anilines is 1. The Labute approximate surface area is 136 Å². The molecular formula is C12H15BrClN3O3S. The Hall–Kier alpha value is -0.830. The van der Waals surface area contributed by atoms with Crippen LogP contribution >= 0.6 is 27.5 Å². The van der Waals surface area contributed by atoms with E-state index in [0.717, 1.165) is 12.8 Å². The minimum absolute atomic E-state index is 0.0136. The van der Waals surface area contributed by atoms with Crippen molar-refractivity contribution in [3.8, 4) is 0 Å². The highest BCUT2D eigenvalue weighted by Crippen LogP contribution is 2.31. The van der Waals surface area contributed by atoms with Gasteiger partial charge in [0, 0.05) is 29.7 Å². The number of rotatable bonds is 6. The minimum Gasteiger partial charge on any atom is -0.398 e. The maximum absolute atomic E-state index is 12.2. The molecule has 1 aromatic carbocycles. The van der Waals surface area contributed by atoms with Gasteiger partial charge in [0.1, 0.15) is 0 Å². The quantitative estimate of drug-likeness (QED) is 0.636. The molecule has 1 aliphatic carbocycles. The predicted octanol–water partition coefficient (Wildman–Crippen LogP) is 1.63. The maximum Gasteiger partial charge on any atom is 0.241 e. The molecule has 0 aromatic heterocycles. The zero-order valence-electron chi connectivity index (χ0n) is 11.0. The van der Waals surface area contributed by atoms with Gasteiger partial charge in [-0.1, -0.05) is 11.6 Å². The van der Waals surface area contributed by atoms with E-state index >= 15 is 0 Å². The lowest BCUT2D eigenvalue weighted by Gasteiger charge is -2.10. The van der Waals surface area contributed by atoms with Crippen molar-refractivity contribution in [2.24, 2.45) is 0 Å². The number of amides is 1. The van der Waals surface area contributed by atoms with Crippen molar-refractivity contribution >= 4 is 49.1 Å². The van der Waals surface area contributed by atoms with Crippen LogP contribution in [0.4, 0.5) is 5.69 Å². The van der Waals surface area contributed by atoms with E-state index in [1.165, 1.54) is 12.1 Å². The molecule has 0 aliphatic heterocycles. The summed E-state index contributed by atoms with van der Waals surface area (Å²) in [4.78, 5) is 11.4. The normalized spacial score (nSPS) is 15.0. The topological polar surface area (TPSA) is 101 Å². The highest BCUT2D eigenvalue weighted by molar-refractivity contribution is 9.10. The molecule has 1 saturated carbocycles. The van der Waals surface area contributed by atoms with Crippen LogP contribution in [0.1, 0.15) is 19.3 Å². The molecule has 116 valence electrons. The number of nitrogens with one attached hydrogen (secondary N) is 2. The van der Waals surface area contributed by atoms with Crippen molar-refractivity contribution < 1.29 is 13.2 Å². The van der Waals surface area contributed by atoms with Crippen LogP contribution < -0.4 is 15.8 Å². The number of carbonyl (C=O) groups is 1. The SMILES string of the molecule is Nc1cc(Cl)cc(S(=O)(=O)NCCC(=O)NC2CC2)c1Br. The average Bonchev–Trinajstić information content (AvgIpc) is 3.17. The van der Waals surface area contributed by atoms with Gasteiger partial charge in [0.15, 0.2) is 0 Å². The van der Waals surface area contributed by atoms with Crippen LogP contribution in [-0.4, -0.2) is 26.9 Å². The van der Waals surface area contributed by atoms with Gasteiger partial charge in [-0.05, 0) is 40.9 Å². The van der Waals surface area contributed by atoms with Gasteiger partial charge in [0.25, 0.3) is 0 Å². The summed E-state index contributed by atoms with van der Waals surface area (Å²) in [5, 5.41) is 3.01. The first-order chi connectivity index (χ1) is 9.79. The Bertz CT molecular complexity index is 662. The van der Waals surface area contributed by atoms with Crippen LogP contribution in [0.15, 0.2) is 21.5 Å². The molecule has 4 N–H and O–H groups in total. The highest BCUT2D eigenvalue weighted by atomic mass is 79.9. The second-order valence-electron chi connectivity index (χ2n) is 4.80. The first kappa shape index (κ1) is 16.5. The molecular weight excluding hydrogens is 382 g/mol. The van der Waals surface area contributed by atoms with Crippen molar-refractivity contribution in [2.45, 2.75) is 30.2 Å². The van der Waals surface area contributed by atoms with E-state index in [4.69, 9.17) is 17.3 Å². The molecule has 9 heteroatoms. The fraction of sp³-hybridized carbons (Fsp3) is 0.417. The van der Waals surface area contributed by atoms with Crippen molar-refractivity contribution in [1.29, 1.82) is 0 Å². The van der Waals surface area contributed by atoms with Gasteiger partial charge in [0.2, 0.25) is 15.9 Å². The molecule has 0 saturated heterocycles. The third-order valence-electron chi connectivity index (χ3n) is 2.91. The summed E-state index contributed by atoms with van der Waals surface area (Å²) in [6, 6.07) is 3.01. The molecule has 0 bridgehead atoms. The summed E-state index contributed by atoms with van der Waals surface area (Å²) < 4.78 is 27.0. The smallest absolute Gasteiger partial charge is 0.241 e. The maximum atomic E-state index is 12.2. The summed E-state index contributed by atoms with van der Waals surface area (Å²) in [5.74, 6) is -0.162. The van der Waals surface area contributed by atoms with Crippen molar-refractivity contribution in [3.63, 3.8) is 0 Å². The summed E-state index contributed by atoms with van der Waals surface area (Å²) in [6.07, 6.45) is 2.07. The number of sulfonamides is 1. The molecule has 6 nitrogen and oxygen atoms in total. The van der Waals surface area contributed by atoms with Crippen LogP contribution in [0.5, 0.6) is 0 Å². The molecule has 1 aromatic rings. The third kappa shape index (κ3) is 4.57. The monoisotopic (exact) mass is 395 g/mol. The minimum atomic E-state index is -3.79. The van der Waals surface area contributed by atoms with E-state index in [1.807, 2.05) is 0 Å². The van der Waals surface area contributed by atoms with Gasteiger partial charge in [-0.3, -0.25) is 4.79 Å². The Morgan fingerprint density at radius 1 is 1.43 bits per heavy atom. The number of nitrogen functional groups attached to an aromatic ring is 1. The highest BCUT2D eigenvalue weighted by Gasteiger charge is 2.24. The molecule has 0 atom stereocenters. The van der Waals surface area contributed by atoms with Crippen molar-refractivity contribution in [2.75, 3.05) is 12.3 Å². The number of carbonyl (C=O) groups excluding carboxylic acids is 1. The van der Waals surface area contributed by atoms with E-state index < -0.39 is 10.0 Å². The fourth-order valence-electron chi connectivity index (χ4n) is 1.68. The Kier molecular flexibility index (Phi) is 5.13. The third-order valence-corrected chi connectivity index (χ3v) is 5.76. The summed E-state index contributed by atoms with van der Waals surface area (Å²) >= 11 is 8.95. The number of hydrogen-bond acceptors (Lipinski definition) is 4. The molecule has 21 heavy (non-hydrogen) atoms. The fourth-order valence-corrected chi connectivity index (χ4v) is 4.01. The van der Waals surface area contributed by atoms with E-state index in [1.54, 1.807) is 0 Å². The van der Waals surface area contributed by atoms with E-state index in [-0.39, 0.29) is 45.0 Å². The Morgan fingerprint density at radius 3 is 2.71 bits per heavy atom. The van der Waals surface area contributed by atoms with Crippen LogP contribution in [0, 0.1) is 0 Å². The molecule has 1 amide bonds. The lowest BCUT2D eigenvalue weighted by Crippen LogP contribution is -2.31. The lowest BCUT2D eigenvalue weighted by atomic mass is 10.3. The van der Waals surface area contributed by atoms with Gasteiger partial charge in [0.05, 0.1) is 9.37 Å². The molecule has 0 unspecified atom stereocenters. The van der Waals surface area contributed by atoms with Crippen LogP contribution in [-0.2, 0) is 14.8 Å². The van der Waals surface area contributed by atoms with Crippen LogP contribution in [0.25, 0.3) is 0 Å². The van der Waals surface area contributed by atoms with E-state index in [0.29, 0.717) is 0 Å². The Morgan fingerprint density at radius 2 is 2.10 bits per heavy atom. The van der Waals surface area contributed by atoms with Gasteiger partial charge in [-0.15, -0.1) is 0 Å². The van der Waals surface area contributed by atoms with Gasteiger partial charge in [-0.25, -0.2) is 13.1 Å². The van der Waals surface area contributed by atoms with Crippen molar-refractivity contribution in [1.82, 2.24) is 10.0 Å². The first-order valence-corrected chi connectivity index (χ1v) is 8.98. The predicted molar refractivity (Wildman–Crippen MR) is 84.5 cm³/mol. The van der Waals surface area contributed by atoms with Gasteiger partial charge < -0.3 is 11.1 Å². The molecule has 2 rings (SSSR count). The zero-order chi connectivity index (χ0) is 15.6. The number of halogens is 2. The van der Waals surface area contributed by atoms with E-state index in [9.17, 15) is 13.2 Å². The van der Waals surface area contributed by atoms with Gasteiger partial charge >= 0.3 is 0 Å². The lowest BCUT2D eigenvalue weighted by molar-refractivity contribution is -0.121. The number of nitrogens with two attached hydrogens (primary N) is 1. The zero-order valence-corrected chi connectivity index (χ0v) is 14.2. The average molecular weight is 397 g/mol. The summed E-state index contributed by atoms with van der Waals surface area (Å²) in [7, 11) is -3.79. The molecule has 0 spiro atoms. The second-order valence-corrected chi connectivity index (χ2v) is 7.76. The molecule has 1 aliphatic rings. The first-order valence-electron chi connectivity index (χ1n) is 6.33.